The summed E-state index contributed by atoms with van der Waals surface area (Å²) in [7, 11) is 0. The van der Waals surface area contributed by atoms with Gasteiger partial charge in [0.25, 0.3) is 0 Å². The van der Waals surface area contributed by atoms with Gasteiger partial charge in [-0.2, -0.15) is 0 Å². The predicted molar refractivity (Wildman–Crippen MR) is 109 cm³/mol. The number of H-pyrrole nitrogens is 1. The highest BCUT2D eigenvalue weighted by Crippen LogP contribution is 2.33. The van der Waals surface area contributed by atoms with Crippen molar-refractivity contribution in [2.45, 2.75) is 25.0 Å². The predicted octanol–water partition coefficient (Wildman–Crippen LogP) is 3.60. The van der Waals surface area contributed by atoms with Crippen LogP contribution in [-0.2, 0) is 0 Å². The first kappa shape index (κ1) is 18.5. The molecule has 1 fully saturated rings. The summed E-state index contributed by atoms with van der Waals surface area (Å²) in [6.45, 7) is 2.88. The lowest BCUT2D eigenvalue weighted by Crippen LogP contribution is -2.45. The molecule has 0 radical (unpaired) electrons. The van der Waals surface area contributed by atoms with Gasteiger partial charge in [0.15, 0.2) is 11.5 Å². The van der Waals surface area contributed by atoms with Crippen LogP contribution < -0.4 is 15.2 Å². The van der Waals surface area contributed by atoms with E-state index >= 15 is 0 Å². The summed E-state index contributed by atoms with van der Waals surface area (Å²) in [6, 6.07) is 9.99. The number of imidazole rings is 1. The van der Waals surface area contributed by atoms with E-state index in [9.17, 15) is 9.18 Å². The van der Waals surface area contributed by atoms with Crippen molar-refractivity contribution in [2.75, 3.05) is 26.2 Å². The molecule has 0 saturated carbocycles. The third kappa shape index (κ3) is 3.60. The Kier molecular flexibility index (Phi) is 4.72. The fraction of sp³-hybridized carbons (Fsp3) is 0.381. The Morgan fingerprint density at radius 1 is 1.14 bits per heavy atom. The summed E-state index contributed by atoms with van der Waals surface area (Å²) in [4.78, 5) is 17.7. The Morgan fingerprint density at radius 2 is 1.97 bits per heavy atom. The lowest BCUT2D eigenvalue weighted by Gasteiger charge is -2.36. The number of halogens is 2. The molecule has 0 amide bonds. The highest BCUT2D eigenvalue weighted by Gasteiger charge is 2.28. The lowest BCUT2D eigenvalue weighted by atomic mass is 10.0. The molecule has 2 aromatic carbocycles. The van der Waals surface area contributed by atoms with Crippen molar-refractivity contribution in [1.29, 1.82) is 0 Å². The largest absolute Gasteiger partial charge is 0.486 e. The van der Waals surface area contributed by atoms with Crippen LogP contribution in [0, 0.1) is 5.82 Å². The summed E-state index contributed by atoms with van der Waals surface area (Å²) in [6.07, 6.45) is 1.66. The number of aromatic amines is 1. The molecular formula is C21H21ClFN3O3. The summed E-state index contributed by atoms with van der Waals surface area (Å²) in [5.41, 5.74) is 1.58. The number of aromatic nitrogens is 2. The average molecular weight is 418 g/mol. The zero-order valence-corrected chi connectivity index (χ0v) is 16.5. The third-order valence-electron chi connectivity index (χ3n) is 5.69. The van der Waals surface area contributed by atoms with Crippen LogP contribution in [0.25, 0.3) is 11.0 Å². The number of hydrogen-bond acceptors (Lipinski definition) is 4. The van der Waals surface area contributed by atoms with E-state index in [4.69, 9.17) is 21.1 Å². The van der Waals surface area contributed by atoms with Crippen LogP contribution in [0.5, 0.6) is 11.5 Å². The molecule has 1 aromatic heterocycles. The minimum absolute atomic E-state index is 0.0893. The summed E-state index contributed by atoms with van der Waals surface area (Å²) >= 11 is 6.04. The second-order valence-corrected chi connectivity index (χ2v) is 8.07. The first-order valence-electron chi connectivity index (χ1n) is 9.78. The van der Waals surface area contributed by atoms with E-state index in [0.29, 0.717) is 23.1 Å². The fourth-order valence-electron chi connectivity index (χ4n) is 4.29. The van der Waals surface area contributed by atoms with Crippen molar-refractivity contribution < 1.29 is 13.9 Å². The minimum atomic E-state index is -0.331. The van der Waals surface area contributed by atoms with Crippen LogP contribution >= 0.6 is 11.6 Å². The van der Waals surface area contributed by atoms with Crippen molar-refractivity contribution in [3.8, 4) is 11.5 Å². The first-order chi connectivity index (χ1) is 14.1. The van der Waals surface area contributed by atoms with Crippen LogP contribution in [0.3, 0.4) is 0 Å². The van der Waals surface area contributed by atoms with Crippen molar-refractivity contribution in [3.63, 3.8) is 0 Å². The molecule has 1 saturated heterocycles. The zero-order valence-electron chi connectivity index (χ0n) is 15.7. The maximum atomic E-state index is 13.3. The number of ether oxygens (including phenoxy) is 2. The lowest BCUT2D eigenvalue weighted by molar-refractivity contribution is 0.0482. The molecule has 0 bridgehead atoms. The van der Waals surface area contributed by atoms with E-state index in [-0.39, 0.29) is 23.7 Å². The van der Waals surface area contributed by atoms with Crippen LogP contribution in [0.15, 0.2) is 41.2 Å². The van der Waals surface area contributed by atoms with E-state index in [1.54, 1.807) is 12.1 Å². The van der Waals surface area contributed by atoms with Gasteiger partial charge in [0.1, 0.15) is 18.5 Å². The molecule has 3 heterocycles. The second-order valence-electron chi connectivity index (χ2n) is 7.64. The smallest absolute Gasteiger partial charge is 0.326 e. The highest BCUT2D eigenvalue weighted by molar-refractivity contribution is 6.31. The van der Waals surface area contributed by atoms with Gasteiger partial charge in [0, 0.05) is 36.8 Å². The number of hydrogen-bond donors (Lipinski definition) is 1. The average Bonchev–Trinajstić information content (AvgIpc) is 3.03. The zero-order chi connectivity index (χ0) is 20.0. The molecule has 8 heteroatoms. The fourth-order valence-corrected chi connectivity index (χ4v) is 4.46. The number of benzene rings is 2. The summed E-state index contributed by atoms with van der Waals surface area (Å²) < 4.78 is 26.8. The van der Waals surface area contributed by atoms with Gasteiger partial charge >= 0.3 is 5.69 Å². The molecule has 1 N–H and O–H groups in total. The Morgan fingerprint density at radius 3 is 2.79 bits per heavy atom. The molecule has 152 valence electrons. The quantitative estimate of drug-likeness (QED) is 0.707. The second kappa shape index (κ2) is 7.39. The Labute approximate surface area is 171 Å². The molecular weight excluding hydrogens is 397 g/mol. The first-order valence-corrected chi connectivity index (χ1v) is 10.2. The number of nitrogens with zero attached hydrogens (tertiary/aromatic N) is 2. The highest BCUT2D eigenvalue weighted by atomic mass is 35.5. The molecule has 1 atom stereocenters. The molecule has 1 unspecified atom stereocenters. The van der Waals surface area contributed by atoms with Crippen molar-refractivity contribution in [2.24, 2.45) is 0 Å². The van der Waals surface area contributed by atoms with E-state index < -0.39 is 0 Å². The van der Waals surface area contributed by atoms with Gasteiger partial charge in [-0.1, -0.05) is 11.6 Å². The van der Waals surface area contributed by atoms with Crippen LogP contribution in [0.1, 0.15) is 18.9 Å². The summed E-state index contributed by atoms with van der Waals surface area (Å²) in [5, 5.41) is 0.611. The number of nitrogens with one attached hydrogen (secondary N) is 1. The molecule has 0 aliphatic carbocycles. The number of fused-ring (bicyclic) bond motifs is 2. The molecule has 2 aliphatic rings. The summed E-state index contributed by atoms with van der Waals surface area (Å²) in [5.74, 6) is 0.711. The van der Waals surface area contributed by atoms with Gasteiger partial charge in [0.2, 0.25) is 0 Å². The maximum absolute atomic E-state index is 13.3. The SMILES string of the molecule is O=c1[nH]c2cc(Cl)ccc2n1C1CCN(CC2COc3cc(F)ccc3O2)CC1. The Balaban J connectivity index is 1.23. The number of likely N-dealkylation sites (tertiary alicyclic amines) is 1. The monoisotopic (exact) mass is 417 g/mol. The van der Waals surface area contributed by atoms with E-state index in [2.05, 4.69) is 9.88 Å². The van der Waals surface area contributed by atoms with E-state index in [0.717, 1.165) is 43.5 Å². The molecule has 6 nitrogen and oxygen atoms in total. The Bertz CT molecular complexity index is 1100. The molecule has 5 rings (SSSR count). The van der Waals surface area contributed by atoms with Crippen molar-refractivity contribution in [1.82, 2.24) is 14.5 Å². The van der Waals surface area contributed by atoms with Crippen LogP contribution in [-0.4, -0.2) is 46.8 Å². The Hall–Kier alpha value is -2.51. The van der Waals surface area contributed by atoms with Gasteiger partial charge in [-0.05, 0) is 43.2 Å². The number of rotatable bonds is 3. The van der Waals surface area contributed by atoms with Crippen LogP contribution in [0.2, 0.25) is 5.02 Å². The van der Waals surface area contributed by atoms with Crippen LogP contribution in [0.4, 0.5) is 4.39 Å². The van der Waals surface area contributed by atoms with Crippen molar-refractivity contribution in [3.05, 3.63) is 57.7 Å². The van der Waals surface area contributed by atoms with Gasteiger partial charge in [-0.25, -0.2) is 9.18 Å². The molecule has 29 heavy (non-hydrogen) atoms. The van der Waals surface area contributed by atoms with Gasteiger partial charge < -0.3 is 14.5 Å². The standard InChI is InChI=1S/C21H21ClFN3O3/c22-13-1-3-18-17(9-13)24-21(27)26(18)15-5-7-25(8-6-15)11-16-12-28-20-10-14(23)2-4-19(20)29-16/h1-4,9-10,15-16H,5-8,11-12H2,(H,24,27). The molecule has 2 aliphatic heterocycles. The normalized spacial score (nSPS) is 20.3. The van der Waals surface area contributed by atoms with Gasteiger partial charge in [0.05, 0.1) is 11.0 Å². The van der Waals surface area contributed by atoms with E-state index in [1.165, 1.54) is 12.1 Å². The molecule has 0 spiro atoms. The topological polar surface area (TPSA) is 59.5 Å². The molecule has 3 aromatic rings. The third-order valence-corrected chi connectivity index (χ3v) is 5.92. The van der Waals surface area contributed by atoms with E-state index in [1.807, 2.05) is 16.7 Å². The number of piperidine rings is 1. The van der Waals surface area contributed by atoms with Gasteiger partial charge in [-0.15, -0.1) is 0 Å². The minimum Gasteiger partial charge on any atom is -0.486 e. The van der Waals surface area contributed by atoms with Crippen molar-refractivity contribution >= 4 is 22.6 Å². The maximum Gasteiger partial charge on any atom is 0.326 e. The van der Waals surface area contributed by atoms with Gasteiger partial charge in [-0.3, -0.25) is 9.47 Å².